The second-order valence-corrected chi connectivity index (χ2v) is 15.0. The van der Waals surface area contributed by atoms with Gasteiger partial charge in [-0.2, -0.15) is 0 Å². The Morgan fingerprint density at radius 3 is 1.50 bits per heavy atom. The van der Waals surface area contributed by atoms with Crippen LogP contribution < -0.4 is 5.32 Å². The SMILES string of the molecule is CC/C=C/C/C=C/C/C=C/C/C=C/CCCC(CC(=O)NC(CO)C(O)CCCCCCCCCCC)OC(=O)CCCCCC/C=C/C/C=C/C/C=C/CC. The maximum atomic E-state index is 13.1. The Bertz CT molecular complexity index is 1100. The van der Waals surface area contributed by atoms with Crippen LogP contribution in [0.2, 0.25) is 0 Å². The number of hydrogen-bond acceptors (Lipinski definition) is 5. The molecule has 6 heteroatoms. The zero-order valence-corrected chi connectivity index (χ0v) is 36.2. The largest absolute Gasteiger partial charge is 0.462 e. The molecule has 320 valence electrons. The molecule has 0 heterocycles. The van der Waals surface area contributed by atoms with Crippen molar-refractivity contribution in [3.63, 3.8) is 0 Å². The summed E-state index contributed by atoms with van der Waals surface area (Å²) in [5.74, 6) is -0.565. The fourth-order valence-electron chi connectivity index (χ4n) is 6.32. The minimum absolute atomic E-state index is 0.0260. The van der Waals surface area contributed by atoms with Gasteiger partial charge < -0.3 is 20.3 Å². The topological polar surface area (TPSA) is 95.9 Å². The second-order valence-electron chi connectivity index (χ2n) is 15.0. The van der Waals surface area contributed by atoms with Crippen LogP contribution in [0.5, 0.6) is 0 Å². The molecule has 0 aromatic carbocycles. The molecule has 0 aliphatic carbocycles. The molecule has 3 N–H and O–H groups in total. The predicted octanol–water partition coefficient (Wildman–Crippen LogP) is 13.2. The zero-order valence-electron chi connectivity index (χ0n) is 36.2. The summed E-state index contributed by atoms with van der Waals surface area (Å²) < 4.78 is 5.86. The average molecular weight is 780 g/mol. The van der Waals surface area contributed by atoms with E-state index in [4.69, 9.17) is 4.74 Å². The smallest absolute Gasteiger partial charge is 0.306 e. The number of aliphatic hydroxyl groups is 2. The summed E-state index contributed by atoms with van der Waals surface area (Å²) in [6.45, 7) is 6.19. The number of aliphatic hydroxyl groups excluding tert-OH is 2. The quantitative estimate of drug-likeness (QED) is 0.0328. The van der Waals surface area contributed by atoms with Crippen LogP contribution in [-0.4, -0.2) is 46.9 Å². The normalized spacial score (nSPS) is 14.2. The fraction of sp³-hybridized carbons (Fsp3) is 0.680. The van der Waals surface area contributed by atoms with Gasteiger partial charge in [0.1, 0.15) is 6.10 Å². The van der Waals surface area contributed by atoms with Gasteiger partial charge in [-0.05, 0) is 89.9 Å². The summed E-state index contributed by atoms with van der Waals surface area (Å²) in [5.41, 5.74) is 0. The van der Waals surface area contributed by atoms with Gasteiger partial charge >= 0.3 is 5.97 Å². The number of nitrogens with one attached hydrogen (secondary N) is 1. The number of unbranched alkanes of at least 4 members (excludes halogenated alkanes) is 13. The maximum absolute atomic E-state index is 13.1. The van der Waals surface area contributed by atoms with Gasteiger partial charge in [0, 0.05) is 6.42 Å². The number of rotatable bonds is 39. The third kappa shape index (κ3) is 37.9. The van der Waals surface area contributed by atoms with E-state index in [1.807, 2.05) is 0 Å². The van der Waals surface area contributed by atoms with E-state index in [2.05, 4.69) is 111 Å². The van der Waals surface area contributed by atoms with Gasteiger partial charge in [0.05, 0.1) is 25.2 Å². The first-order valence-corrected chi connectivity index (χ1v) is 22.8. The molecule has 0 aromatic rings. The molecule has 0 aliphatic rings. The third-order valence-electron chi connectivity index (χ3n) is 9.72. The van der Waals surface area contributed by atoms with Crippen LogP contribution in [0.25, 0.3) is 0 Å². The van der Waals surface area contributed by atoms with Crippen LogP contribution in [0, 0.1) is 0 Å². The molecule has 0 aliphatic heterocycles. The van der Waals surface area contributed by atoms with Crippen LogP contribution in [0.15, 0.2) is 85.1 Å². The first-order valence-electron chi connectivity index (χ1n) is 22.8. The molecular formula is C50H85NO5. The van der Waals surface area contributed by atoms with Crippen molar-refractivity contribution in [3.05, 3.63) is 85.1 Å². The number of carbonyl (C=O) groups is 2. The first-order chi connectivity index (χ1) is 27.5. The van der Waals surface area contributed by atoms with E-state index in [0.29, 0.717) is 19.3 Å². The Labute approximate surface area is 344 Å². The molecular weight excluding hydrogens is 695 g/mol. The van der Waals surface area contributed by atoms with Gasteiger partial charge in [-0.15, -0.1) is 0 Å². The summed E-state index contributed by atoms with van der Waals surface area (Å²) in [6.07, 6.45) is 55.0. The van der Waals surface area contributed by atoms with Gasteiger partial charge in [0.25, 0.3) is 0 Å². The number of hydrogen-bond donors (Lipinski definition) is 3. The summed E-state index contributed by atoms with van der Waals surface area (Å²) in [7, 11) is 0. The number of esters is 1. The van der Waals surface area contributed by atoms with Crippen LogP contribution in [0.4, 0.5) is 0 Å². The Kier molecular flexibility index (Phi) is 40.9. The van der Waals surface area contributed by atoms with Crippen LogP contribution in [0.1, 0.15) is 194 Å². The standard InChI is InChI=1S/C50H85NO5/c1-4-7-10-13-16-19-21-23-25-27-30-32-35-38-41-46(56-50(55)43-40-37-34-31-28-26-24-22-20-17-14-11-8-5-2)44-49(54)51-47(45-52)48(53)42-39-36-33-29-18-15-12-9-6-3/h7-8,10-11,16-17,19-20,23-26,30,32,46-48,52-53H,4-6,9,12-15,18,21-22,27-29,31,33-45H2,1-3H3,(H,51,54)/b10-7+,11-8+,19-16+,20-17+,25-23+,26-24+,32-30+. The fourth-order valence-corrected chi connectivity index (χ4v) is 6.32. The molecule has 0 aromatic heterocycles. The zero-order chi connectivity index (χ0) is 41.0. The van der Waals surface area contributed by atoms with Crippen molar-refractivity contribution in [2.75, 3.05) is 6.61 Å². The van der Waals surface area contributed by atoms with E-state index in [1.165, 1.54) is 38.5 Å². The molecule has 0 spiro atoms. The van der Waals surface area contributed by atoms with Gasteiger partial charge in [-0.1, -0.05) is 176 Å². The first kappa shape index (κ1) is 53.0. The van der Waals surface area contributed by atoms with E-state index in [1.54, 1.807) is 0 Å². The lowest BCUT2D eigenvalue weighted by atomic mass is 10.0. The third-order valence-corrected chi connectivity index (χ3v) is 9.72. The van der Waals surface area contributed by atoms with Gasteiger partial charge in [-0.25, -0.2) is 0 Å². The van der Waals surface area contributed by atoms with Crippen LogP contribution in [0.3, 0.4) is 0 Å². The highest BCUT2D eigenvalue weighted by molar-refractivity contribution is 5.77. The lowest BCUT2D eigenvalue weighted by molar-refractivity contribution is -0.151. The van der Waals surface area contributed by atoms with Crippen molar-refractivity contribution in [2.45, 2.75) is 212 Å². The van der Waals surface area contributed by atoms with Gasteiger partial charge in [-0.3, -0.25) is 9.59 Å². The van der Waals surface area contributed by atoms with Crippen LogP contribution >= 0.6 is 0 Å². The van der Waals surface area contributed by atoms with E-state index in [9.17, 15) is 19.8 Å². The molecule has 0 bridgehead atoms. The van der Waals surface area contributed by atoms with Crippen LogP contribution in [-0.2, 0) is 14.3 Å². The highest BCUT2D eigenvalue weighted by atomic mass is 16.5. The number of carbonyl (C=O) groups excluding carboxylic acids is 2. The van der Waals surface area contributed by atoms with E-state index in [-0.39, 0.29) is 24.9 Å². The summed E-state index contributed by atoms with van der Waals surface area (Å²) in [4.78, 5) is 26.0. The number of ether oxygens (including phenoxy) is 1. The molecule has 0 fully saturated rings. The minimum atomic E-state index is -0.807. The van der Waals surface area contributed by atoms with Gasteiger partial charge in [0.15, 0.2) is 0 Å². The van der Waals surface area contributed by atoms with Crippen molar-refractivity contribution < 1.29 is 24.5 Å². The Morgan fingerprint density at radius 1 is 0.536 bits per heavy atom. The van der Waals surface area contributed by atoms with E-state index in [0.717, 1.165) is 109 Å². The predicted molar refractivity (Wildman–Crippen MR) is 241 cm³/mol. The Morgan fingerprint density at radius 2 is 0.982 bits per heavy atom. The Balaban J connectivity index is 4.76. The van der Waals surface area contributed by atoms with Gasteiger partial charge in [0.2, 0.25) is 5.91 Å². The van der Waals surface area contributed by atoms with Crippen molar-refractivity contribution in [3.8, 4) is 0 Å². The summed E-state index contributed by atoms with van der Waals surface area (Å²) in [6, 6.07) is -0.725. The molecule has 0 radical (unpaired) electrons. The lowest BCUT2D eigenvalue weighted by Crippen LogP contribution is -2.46. The molecule has 1 amide bonds. The highest BCUT2D eigenvalue weighted by Crippen LogP contribution is 2.16. The maximum Gasteiger partial charge on any atom is 0.306 e. The van der Waals surface area contributed by atoms with Crippen molar-refractivity contribution in [2.24, 2.45) is 0 Å². The molecule has 6 nitrogen and oxygen atoms in total. The van der Waals surface area contributed by atoms with E-state index < -0.39 is 18.2 Å². The molecule has 3 unspecified atom stereocenters. The summed E-state index contributed by atoms with van der Waals surface area (Å²) in [5, 5.41) is 23.6. The van der Waals surface area contributed by atoms with E-state index >= 15 is 0 Å². The molecule has 0 saturated carbocycles. The second kappa shape index (κ2) is 43.2. The lowest BCUT2D eigenvalue weighted by Gasteiger charge is -2.24. The van der Waals surface area contributed by atoms with Crippen molar-refractivity contribution >= 4 is 11.9 Å². The molecule has 56 heavy (non-hydrogen) atoms. The molecule has 0 saturated heterocycles. The number of allylic oxidation sites excluding steroid dienone is 14. The molecule has 3 atom stereocenters. The van der Waals surface area contributed by atoms with Crippen molar-refractivity contribution in [1.29, 1.82) is 0 Å². The average Bonchev–Trinajstić information content (AvgIpc) is 3.19. The Hall–Kier alpha value is -2.96. The minimum Gasteiger partial charge on any atom is -0.462 e. The highest BCUT2D eigenvalue weighted by Gasteiger charge is 2.24. The molecule has 0 rings (SSSR count). The van der Waals surface area contributed by atoms with Crippen molar-refractivity contribution in [1.82, 2.24) is 5.32 Å². The summed E-state index contributed by atoms with van der Waals surface area (Å²) >= 11 is 0. The number of amides is 1. The monoisotopic (exact) mass is 780 g/mol.